The number of nitrogens with zero attached hydrogens (tertiary/aromatic N) is 3. The van der Waals surface area contributed by atoms with Crippen molar-refractivity contribution in [1.29, 1.82) is 0 Å². The summed E-state index contributed by atoms with van der Waals surface area (Å²) in [5.74, 6) is -0.485. The van der Waals surface area contributed by atoms with Gasteiger partial charge in [0.15, 0.2) is 0 Å². The molecule has 0 aliphatic carbocycles. The average molecular weight is 338 g/mol. The molecule has 0 fully saturated rings. The Kier molecular flexibility index (Phi) is 3.87. The van der Waals surface area contributed by atoms with Crippen molar-refractivity contribution in [2.24, 2.45) is 0 Å². The number of rotatable bonds is 3. The third-order valence-corrected chi connectivity index (χ3v) is 3.85. The Morgan fingerprint density at radius 2 is 2.09 bits per heavy atom. The second kappa shape index (κ2) is 5.84. The molecule has 2 heterocycles. The Morgan fingerprint density at radius 3 is 2.70 bits per heavy atom. The minimum Gasteiger partial charge on any atom is -0.319 e. The summed E-state index contributed by atoms with van der Waals surface area (Å²) in [5.41, 5.74) is -0.563. The Bertz CT molecular complexity index is 813. The van der Waals surface area contributed by atoms with Crippen molar-refractivity contribution in [2.45, 2.75) is 6.18 Å². The summed E-state index contributed by atoms with van der Waals surface area (Å²) in [6.45, 7) is 0. The highest BCUT2D eigenvalue weighted by molar-refractivity contribution is 7.12. The van der Waals surface area contributed by atoms with Gasteiger partial charge in [0.2, 0.25) is 0 Å². The van der Waals surface area contributed by atoms with Crippen molar-refractivity contribution in [3.63, 3.8) is 0 Å². The Morgan fingerprint density at radius 1 is 1.26 bits per heavy atom. The van der Waals surface area contributed by atoms with Crippen LogP contribution in [0, 0.1) is 0 Å². The van der Waals surface area contributed by atoms with E-state index in [1.54, 1.807) is 17.5 Å². The van der Waals surface area contributed by atoms with Gasteiger partial charge in [-0.2, -0.15) is 18.3 Å². The lowest BCUT2D eigenvalue weighted by molar-refractivity contribution is -0.137. The van der Waals surface area contributed by atoms with Crippen LogP contribution in [-0.2, 0) is 6.18 Å². The Balaban J connectivity index is 2.02. The predicted molar refractivity (Wildman–Crippen MR) is 78.6 cm³/mol. The number of hydrogen-bond acceptors (Lipinski definition) is 4. The van der Waals surface area contributed by atoms with Crippen molar-refractivity contribution in [1.82, 2.24) is 14.8 Å². The number of benzene rings is 1. The molecule has 3 aromatic rings. The molecule has 23 heavy (non-hydrogen) atoms. The SMILES string of the molecule is O=C(Nc1cc(C(F)(F)F)ccc1-n1cncn1)c1cccs1. The molecule has 5 nitrogen and oxygen atoms in total. The molecule has 0 bridgehead atoms. The van der Waals surface area contributed by atoms with Gasteiger partial charge in [-0.1, -0.05) is 6.07 Å². The van der Waals surface area contributed by atoms with E-state index in [-0.39, 0.29) is 5.69 Å². The van der Waals surface area contributed by atoms with E-state index in [1.807, 2.05) is 0 Å². The first-order valence-corrected chi connectivity index (χ1v) is 7.24. The zero-order valence-corrected chi connectivity index (χ0v) is 12.2. The van der Waals surface area contributed by atoms with Crippen molar-refractivity contribution in [3.8, 4) is 5.69 Å². The topological polar surface area (TPSA) is 59.8 Å². The van der Waals surface area contributed by atoms with E-state index in [2.05, 4.69) is 15.4 Å². The maximum absolute atomic E-state index is 12.9. The molecule has 0 unspecified atom stereocenters. The van der Waals surface area contributed by atoms with Crippen molar-refractivity contribution < 1.29 is 18.0 Å². The smallest absolute Gasteiger partial charge is 0.319 e. The fourth-order valence-corrected chi connectivity index (χ4v) is 2.56. The van der Waals surface area contributed by atoms with Gasteiger partial charge in [-0.3, -0.25) is 4.79 Å². The lowest BCUT2D eigenvalue weighted by Crippen LogP contribution is -2.14. The number of alkyl halides is 3. The largest absolute Gasteiger partial charge is 0.416 e. The minimum atomic E-state index is -4.51. The summed E-state index contributed by atoms with van der Waals surface area (Å²) >= 11 is 1.19. The summed E-state index contributed by atoms with van der Waals surface area (Å²) in [4.78, 5) is 16.3. The van der Waals surface area contributed by atoms with Crippen molar-refractivity contribution in [3.05, 3.63) is 58.8 Å². The molecule has 0 spiro atoms. The molecule has 0 saturated carbocycles. The highest BCUT2D eigenvalue weighted by atomic mass is 32.1. The van der Waals surface area contributed by atoms with Gasteiger partial charge >= 0.3 is 6.18 Å². The van der Waals surface area contributed by atoms with Crippen LogP contribution in [0.5, 0.6) is 0 Å². The second-order valence-corrected chi connectivity index (χ2v) is 5.45. The fraction of sp³-hybridized carbons (Fsp3) is 0.0714. The minimum absolute atomic E-state index is 0.00345. The summed E-state index contributed by atoms with van der Waals surface area (Å²) in [5, 5.41) is 8.09. The molecular formula is C14H9F3N4OS. The number of hydrogen-bond donors (Lipinski definition) is 1. The third-order valence-electron chi connectivity index (χ3n) is 2.98. The number of halogens is 3. The van der Waals surface area contributed by atoms with Crippen molar-refractivity contribution in [2.75, 3.05) is 5.32 Å². The molecule has 118 valence electrons. The number of carbonyl (C=O) groups is 1. The van der Waals surface area contributed by atoms with Gasteiger partial charge in [-0.05, 0) is 29.6 Å². The summed E-state index contributed by atoms with van der Waals surface area (Å²) in [6, 6.07) is 6.31. The van der Waals surface area contributed by atoms with Crippen LogP contribution in [-0.4, -0.2) is 20.7 Å². The first kappa shape index (κ1) is 15.2. The Labute approximate surface area is 132 Å². The van der Waals surface area contributed by atoms with Gasteiger partial charge in [0.05, 0.1) is 21.8 Å². The molecule has 2 aromatic heterocycles. The van der Waals surface area contributed by atoms with Crippen LogP contribution in [0.4, 0.5) is 18.9 Å². The van der Waals surface area contributed by atoms with Gasteiger partial charge in [-0.15, -0.1) is 11.3 Å². The van der Waals surface area contributed by atoms with Crippen LogP contribution >= 0.6 is 11.3 Å². The molecule has 3 rings (SSSR count). The van der Waals surface area contributed by atoms with Gasteiger partial charge in [0.1, 0.15) is 12.7 Å². The fourth-order valence-electron chi connectivity index (χ4n) is 1.94. The van der Waals surface area contributed by atoms with E-state index in [4.69, 9.17) is 0 Å². The normalized spacial score (nSPS) is 11.4. The van der Waals surface area contributed by atoms with Gasteiger partial charge in [-0.25, -0.2) is 9.67 Å². The average Bonchev–Trinajstić information content (AvgIpc) is 3.20. The first-order valence-electron chi connectivity index (χ1n) is 6.36. The molecule has 0 aliphatic heterocycles. The lowest BCUT2D eigenvalue weighted by Gasteiger charge is -2.14. The summed E-state index contributed by atoms with van der Waals surface area (Å²) in [6.07, 6.45) is -1.92. The zero-order chi connectivity index (χ0) is 16.4. The third kappa shape index (κ3) is 3.24. The van der Waals surface area contributed by atoms with E-state index in [0.29, 0.717) is 10.6 Å². The van der Waals surface area contributed by atoms with Crippen LogP contribution in [0.3, 0.4) is 0 Å². The lowest BCUT2D eigenvalue weighted by atomic mass is 10.1. The van der Waals surface area contributed by atoms with Crippen LogP contribution in [0.2, 0.25) is 0 Å². The Hall–Kier alpha value is -2.68. The van der Waals surface area contributed by atoms with Gasteiger partial charge in [0, 0.05) is 0 Å². The molecule has 0 saturated heterocycles. The van der Waals surface area contributed by atoms with E-state index < -0.39 is 17.6 Å². The first-order chi connectivity index (χ1) is 10.9. The van der Waals surface area contributed by atoms with Crippen LogP contribution in [0.1, 0.15) is 15.2 Å². The van der Waals surface area contributed by atoms with Crippen LogP contribution < -0.4 is 5.32 Å². The molecule has 0 aliphatic rings. The van der Waals surface area contributed by atoms with Gasteiger partial charge in [0.25, 0.3) is 5.91 Å². The van der Waals surface area contributed by atoms with E-state index in [0.717, 1.165) is 12.1 Å². The maximum atomic E-state index is 12.9. The standard InChI is InChI=1S/C14H9F3N4OS/c15-14(16,17)9-3-4-11(21-8-18-7-19-21)10(6-9)20-13(22)12-2-1-5-23-12/h1-8H,(H,20,22). The highest BCUT2D eigenvalue weighted by Crippen LogP contribution is 2.33. The number of thiophene rings is 1. The number of nitrogens with one attached hydrogen (secondary N) is 1. The molecule has 9 heteroatoms. The van der Waals surface area contributed by atoms with E-state index >= 15 is 0 Å². The number of carbonyl (C=O) groups excluding carboxylic acids is 1. The van der Waals surface area contributed by atoms with Crippen molar-refractivity contribution >= 4 is 22.9 Å². The molecule has 0 radical (unpaired) electrons. The predicted octanol–water partition coefficient (Wildman–Crippen LogP) is 3.60. The van der Waals surface area contributed by atoms with E-state index in [1.165, 1.54) is 34.7 Å². The highest BCUT2D eigenvalue weighted by Gasteiger charge is 2.31. The molecule has 1 amide bonds. The molecule has 1 aromatic carbocycles. The number of amides is 1. The quantitative estimate of drug-likeness (QED) is 0.794. The molecular weight excluding hydrogens is 329 g/mol. The van der Waals surface area contributed by atoms with Gasteiger partial charge < -0.3 is 5.32 Å². The zero-order valence-electron chi connectivity index (χ0n) is 11.4. The molecule has 1 N–H and O–H groups in total. The van der Waals surface area contributed by atoms with Crippen LogP contribution in [0.25, 0.3) is 5.69 Å². The monoisotopic (exact) mass is 338 g/mol. The van der Waals surface area contributed by atoms with Crippen LogP contribution in [0.15, 0.2) is 48.4 Å². The number of anilines is 1. The van der Waals surface area contributed by atoms with E-state index in [9.17, 15) is 18.0 Å². The maximum Gasteiger partial charge on any atom is 0.416 e. The molecule has 0 atom stereocenters. The number of aromatic nitrogens is 3. The second-order valence-electron chi connectivity index (χ2n) is 4.50. The summed E-state index contributed by atoms with van der Waals surface area (Å²) < 4.78 is 40.0. The summed E-state index contributed by atoms with van der Waals surface area (Å²) in [7, 11) is 0.